The van der Waals surface area contributed by atoms with E-state index in [0.29, 0.717) is 13.1 Å². The average Bonchev–Trinajstić information content (AvgIpc) is 2.69. The first kappa shape index (κ1) is 22.2. The molecule has 8 heteroatoms. The number of piperidine rings is 1. The molecular weight excluding hydrogens is 382 g/mol. The Labute approximate surface area is 179 Å². The standard InChI is InChI=1S/C22H35N5O3/c1-22(2,3)30-21(29)27-12-10-25(11-13-27)15-16-4-5-18(23)19(14-16)26-8-6-17(7-9-26)20(24)28/h4-5,14,17H,6-13,15,23H2,1-3H3,(H2,24,28). The number of benzene rings is 1. The van der Waals surface area contributed by atoms with Gasteiger partial charge in [-0.05, 0) is 51.3 Å². The van der Waals surface area contributed by atoms with Gasteiger partial charge in [0.2, 0.25) is 5.91 Å². The second-order valence-electron chi connectivity index (χ2n) is 9.30. The first-order chi connectivity index (χ1) is 14.1. The van der Waals surface area contributed by atoms with Crippen molar-refractivity contribution in [3.8, 4) is 0 Å². The third-order valence-corrected chi connectivity index (χ3v) is 5.76. The van der Waals surface area contributed by atoms with Crippen LogP contribution in [0.4, 0.5) is 16.2 Å². The van der Waals surface area contributed by atoms with Crippen LogP contribution in [0.2, 0.25) is 0 Å². The predicted octanol–water partition coefficient (Wildman–Crippen LogP) is 2.02. The SMILES string of the molecule is CC(C)(C)OC(=O)N1CCN(Cc2ccc(N)c(N3CCC(C(N)=O)CC3)c2)CC1. The molecule has 0 aromatic heterocycles. The van der Waals surface area contributed by atoms with Crippen LogP contribution in [-0.2, 0) is 16.1 Å². The van der Waals surface area contributed by atoms with Crippen LogP contribution in [0, 0.1) is 5.92 Å². The summed E-state index contributed by atoms with van der Waals surface area (Å²) in [5, 5.41) is 0. The number of carbonyl (C=O) groups excluding carboxylic acids is 2. The van der Waals surface area contributed by atoms with Gasteiger partial charge in [-0.25, -0.2) is 4.79 Å². The summed E-state index contributed by atoms with van der Waals surface area (Å²) in [6, 6.07) is 6.18. The number of nitrogens with zero attached hydrogens (tertiary/aromatic N) is 3. The first-order valence-electron chi connectivity index (χ1n) is 10.8. The summed E-state index contributed by atoms with van der Waals surface area (Å²) in [4.78, 5) is 30.0. The van der Waals surface area contributed by atoms with Gasteiger partial charge in [0.05, 0.1) is 11.4 Å². The van der Waals surface area contributed by atoms with E-state index in [1.54, 1.807) is 4.90 Å². The number of rotatable bonds is 4. The van der Waals surface area contributed by atoms with Crippen LogP contribution >= 0.6 is 0 Å². The molecule has 0 saturated carbocycles. The lowest BCUT2D eigenvalue weighted by Gasteiger charge is -2.36. The average molecular weight is 418 g/mol. The molecule has 2 saturated heterocycles. The summed E-state index contributed by atoms with van der Waals surface area (Å²) in [5.74, 6) is -0.242. The second kappa shape index (κ2) is 9.12. The molecule has 2 heterocycles. The molecule has 166 valence electrons. The molecule has 0 aliphatic carbocycles. The van der Waals surface area contributed by atoms with Crippen molar-refractivity contribution >= 4 is 23.4 Å². The van der Waals surface area contributed by atoms with E-state index in [1.165, 1.54) is 5.56 Å². The highest BCUT2D eigenvalue weighted by Crippen LogP contribution is 2.29. The van der Waals surface area contributed by atoms with Gasteiger partial charge in [0.1, 0.15) is 5.60 Å². The number of carbonyl (C=O) groups is 2. The third-order valence-electron chi connectivity index (χ3n) is 5.76. The molecule has 1 aromatic rings. The van der Waals surface area contributed by atoms with E-state index >= 15 is 0 Å². The minimum absolute atomic E-state index is 0.0353. The molecule has 0 radical (unpaired) electrons. The van der Waals surface area contributed by atoms with E-state index in [0.717, 1.165) is 56.9 Å². The molecule has 2 amide bonds. The van der Waals surface area contributed by atoms with Crippen molar-refractivity contribution in [1.82, 2.24) is 9.80 Å². The van der Waals surface area contributed by atoms with Crippen molar-refractivity contribution in [2.45, 2.75) is 45.8 Å². The number of hydrogen-bond acceptors (Lipinski definition) is 6. The van der Waals surface area contributed by atoms with Gasteiger partial charge in [0.25, 0.3) is 0 Å². The lowest BCUT2D eigenvalue weighted by Crippen LogP contribution is -2.49. The van der Waals surface area contributed by atoms with Crippen LogP contribution in [0.1, 0.15) is 39.2 Å². The molecule has 2 fully saturated rings. The maximum Gasteiger partial charge on any atom is 0.410 e. The van der Waals surface area contributed by atoms with Gasteiger partial charge in [-0.15, -0.1) is 0 Å². The quantitative estimate of drug-likeness (QED) is 0.726. The molecule has 3 rings (SSSR count). The highest BCUT2D eigenvalue weighted by Gasteiger charge is 2.27. The molecule has 2 aliphatic rings. The Hall–Kier alpha value is -2.48. The van der Waals surface area contributed by atoms with Gasteiger partial charge in [0, 0.05) is 51.7 Å². The molecule has 0 spiro atoms. The van der Waals surface area contributed by atoms with Crippen molar-refractivity contribution < 1.29 is 14.3 Å². The Balaban J connectivity index is 1.55. The van der Waals surface area contributed by atoms with E-state index in [-0.39, 0.29) is 17.9 Å². The van der Waals surface area contributed by atoms with Gasteiger partial charge in [0.15, 0.2) is 0 Å². The summed E-state index contributed by atoms with van der Waals surface area (Å²) < 4.78 is 5.47. The fraction of sp³-hybridized carbons (Fsp3) is 0.636. The number of nitrogens with two attached hydrogens (primary N) is 2. The fourth-order valence-electron chi connectivity index (χ4n) is 4.04. The molecule has 8 nitrogen and oxygen atoms in total. The molecular formula is C22H35N5O3. The molecule has 4 N–H and O–H groups in total. The Bertz CT molecular complexity index is 761. The number of anilines is 2. The number of hydrogen-bond donors (Lipinski definition) is 2. The molecule has 1 aromatic carbocycles. The monoisotopic (exact) mass is 417 g/mol. The van der Waals surface area contributed by atoms with Gasteiger partial charge in [-0.1, -0.05) is 6.07 Å². The van der Waals surface area contributed by atoms with E-state index < -0.39 is 5.60 Å². The van der Waals surface area contributed by atoms with Crippen LogP contribution in [0.3, 0.4) is 0 Å². The molecule has 0 atom stereocenters. The van der Waals surface area contributed by atoms with E-state index in [9.17, 15) is 9.59 Å². The topological polar surface area (TPSA) is 105 Å². The molecule has 0 bridgehead atoms. The van der Waals surface area contributed by atoms with Gasteiger partial charge >= 0.3 is 6.09 Å². The van der Waals surface area contributed by atoms with E-state index in [1.807, 2.05) is 26.8 Å². The lowest BCUT2D eigenvalue weighted by molar-refractivity contribution is -0.122. The Morgan fingerprint density at radius 3 is 2.27 bits per heavy atom. The predicted molar refractivity (Wildman–Crippen MR) is 118 cm³/mol. The normalized spacial score (nSPS) is 19.0. The minimum Gasteiger partial charge on any atom is -0.444 e. The van der Waals surface area contributed by atoms with Crippen molar-refractivity contribution in [3.63, 3.8) is 0 Å². The van der Waals surface area contributed by atoms with Crippen molar-refractivity contribution in [1.29, 1.82) is 0 Å². The van der Waals surface area contributed by atoms with Crippen molar-refractivity contribution in [2.75, 3.05) is 49.9 Å². The van der Waals surface area contributed by atoms with E-state index in [2.05, 4.69) is 21.9 Å². The van der Waals surface area contributed by atoms with Crippen molar-refractivity contribution in [3.05, 3.63) is 23.8 Å². The highest BCUT2D eigenvalue weighted by molar-refractivity contribution is 5.77. The largest absolute Gasteiger partial charge is 0.444 e. The van der Waals surface area contributed by atoms with E-state index in [4.69, 9.17) is 16.2 Å². The summed E-state index contributed by atoms with van der Waals surface area (Å²) in [7, 11) is 0. The third kappa shape index (κ3) is 5.78. The summed E-state index contributed by atoms with van der Waals surface area (Å²) in [6.45, 7) is 11.0. The number of piperazine rings is 1. The first-order valence-corrected chi connectivity index (χ1v) is 10.8. The number of amides is 2. The molecule has 30 heavy (non-hydrogen) atoms. The molecule has 2 aliphatic heterocycles. The number of primary amides is 1. The second-order valence-corrected chi connectivity index (χ2v) is 9.30. The zero-order valence-corrected chi connectivity index (χ0v) is 18.4. The van der Waals surface area contributed by atoms with Crippen molar-refractivity contribution in [2.24, 2.45) is 11.7 Å². The fourth-order valence-corrected chi connectivity index (χ4v) is 4.04. The summed E-state index contributed by atoms with van der Waals surface area (Å²) in [5.41, 5.74) is 14.2. The highest BCUT2D eigenvalue weighted by atomic mass is 16.6. The Morgan fingerprint density at radius 1 is 1.07 bits per heavy atom. The summed E-state index contributed by atoms with van der Waals surface area (Å²) in [6.07, 6.45) is 1.30. The lowest BCUT2D eigenvalue weighted by atomic mass is 9.95. The Morgan fingerprint density at radius 2 is 1.70 bits per heavy atom. The van der Waals surface area contributed by atoms with Crippen LogP contribution in [0.25, 0.3) is 0 Å². The van der Waals surface area contributed by atoms with Gasteiger partial charge < -0.3 is 26.0 Å². The van der Waals surface area contributed by atoms with Crippen LogP contribution in [0.15, 0.2) is 18.2 Å². The van der Waals surface area contributed by atoms with Gasteiger partial charge in [-0.3, -0.25) is 9.69 Å². The number of nitrogen functional groups attached to an aromatic ring is 1. The maximum absolute atomic E-state index is 12.2. The summed E-state index contributed by atoms with van der Waals surface area (Å²) >= 11 is 0. The smallest absolute Gasteiger partial charge is 0.410 e. The Kier molecular flexibility index (Phi) is 6.75. The van der Waals surface area contributed by atoms with Gasteiger partial charge in [-0.2, -0.15) is 0 Å². The van der Waals surface area contributed by atoms with Crippen LogP contribution in [-0.4, -0.2) is 66.7 Å². The number of ether oxygens (including phenoxy) is 1. The zero-order chi connectivity index (χ0) is 21.9. The van der Waals surface area contributed by atoms with Crippen LogP contribution in [0.5, 0.6) is 0 Å². The molecule has 0 unspecified atom stereocenters. The maximum atomic E-state index is 12.2. The minimum atomic E-state index is -0.472. The van der Waals surface area contributed by atoms with Crippen LogP contribution < -0.4 is 16.4 Å². The zero-order valence-electron chi connectivity index (χ0n) is 18.4.